The average Bonchev–Trinajstić information content (AvgIpc) is 2.22. The lowest BCUT2D eigenvalue weighted by atomic mass is 10.1. The zero-order valence-electron chi connectivity index (χ0n) is 9.03. The molecule has 0 spiro atoms. The molecule has 5 heteroatoms. The van der Waals surface area contributed by atoms with Crippen LogP contribution < -0.4 is 5.32 Å². The first-order valence-electron chi connectivity index (χ1n) is 4.94. The molecule has 1 unspecified atom stereocenters. The second-order valence-electron chi connectivity index (χ2n) is 3.23. The van der Waals surface area contributed by atoms with Crippen molar-refractivity contribution in [2.24, 2.45) is 0 Å². The average molecular weight is 321 g/mol. The first kappa shape index (κ1) is 12.8. The molecule has 84 valence electrons. The normalized spacial score (nSPS) is 12.7. The van der Waals surface area contributed by atoms with E-state index >= 15 is 0 Å². The molecule has 1 rings (SSSR count). The van der Waals surface area contributed by atoms with Crippen LogP contribution in [0.2, 0.25) is 0 Å². The molecule has 0 aromatic carbocycles. The number of rotatable bonds is 6. The lowest BCUT2D eigenvalue weighted by molar-refractivity contribution is 0.166. The molecule has 1 aromatic rings. The maximum atomic E-state index is 5.16. The van der Waals surface area contributed by atoms with Crippen LogP contribution in [-0.4, -0.2) is 36.3 Å². The smallest absolute Gasteiger partial charge is 0.115 e. The van der Waals surface area contributed by atoms with Crippen molar-refractivity contribution >= 4 is 22.6 Å². The highest BCUT2D eigenvalue weighted by Crippen LogP contribution is 2.09. The van der Waals surface area contributed by atoms with E-state index in [0.29, 0.717) is 12.6 Å². The molecule has 0 saturated carbocycles. The lowest BCUT2D eigenvalue weighted by Gasteiger charge is -2.16. The van der Waals surface area contributed by atoms with Crippen molar-refractivity contribution in [2.45, 2.75) is 19.4 Å². The van der Waals surface area contributed by atoms with Gasteiger partial charge in [0.25, 0.3) is 0 Å². The zero-order chi connectivity index (χ0) is 11.1. The quantitative estimate of drug-likeness (QED) is 0.801. The molecule has 0 aliphatic heterocycles. The van der Waals surface area contributed by atoms with Crippen LogP contribution in [0.15, 0.2) is 12.5 Å². The Balaban J connectivity index is 2.60. The van der Waals surface area contributed by atoms with Gasteiger partial charge in [-0.15, -0.1) is 0 Å². The largest absolute Gasteiger partial charge is 0.383 e. The number of nitrogens with one attached hydrogen (secondary N) is 1. The summed E-state index contributed by atoms with van der Waals surface area (Å²) in [4.78, 5) is 8.24. The van der Waals surface area contributed by atoms with Crippen LogP contribution in [0.1, 0.15) is 12.6 Å². The standard InChI is InChI=1S/C10H16IN3O/c1-3-13-8(6-15-2)4-10-9(11)5-12-7-14-10/h5,7-8,13H,3-4,6H2,1-2H3. The Morgan fingerprint density at radius 1 is 1.60 bits per heavy atom. The highest BCUT2D eigenvalue weighted by atomic mass is 127. The van der Waals surface area contributed by atoms with Crippen molar-refractivity contribution in [1.29, 1.82) is 0 Å². The van der Waals surface area contributed by atoms with Gasteiger partial charge in [-0.2, -0.15) is 0 Å². The fourth-order valence-electron chi connectivity index (χ4n) is 1.40. The number of halogens is 1. The van der Waals surface area contributed by atoms with Gasteiger partial charge in [0.05, 0.1) is 15.9 Å². The van der Waals surface area contributed by atoms with Crippen LogP contribution in [0.25, 0.3) is 0 Å². The number of hydrogen-bond acceptors (Lipinski definition) is 4. The van der Waals surface area contributed by atoms with E-state index in [0.717, 1.165) is 22.2 Å². The third-order valence-corrected chi connectivity index (χ3v) is 2.95. The topological polar surface area (TPSA) is 47.0 Å². The predicted molar refractivity (Wildman–Crippen MR) is 67.8 cm³/mol. The maximum Gasteiger partial charge on any atom is 0.115 e. The monoisotopic (exact) mass is 321 g/mol. The number of methoxy groups -OCH3 is 1. The summed E-state index contributed by atoms with van der Waals surface area (Å²) in [6, 6.07) is 0.323. The summed E-state index contributed by atoms with van der Waals surface area (Å²) >= 11 is 2.26. The maximum absolute atomic E-state index is 5.16. The van der Waals surface area contributed by atoms with E-state index in [-0.39, 0.29) is 0 Å². The first-order chi connectivity index (χ1) is 7.27. The minimum atomic E-state index is 0.323. The minimum Gasteiger partial charge on any atom is -0.383 e. The summed E-state index contributed by atoms with van der Waals surface area (Å²) in [5.74, 6) is 0. The van der Waals surface area contributed by atoms with Gasteiger partial charge in [-0.3, -0.25) is 0 Å². The molecule has 1 atom stereocenters. The van der Waals surface area contributed by atoms with Gasteiger partial charge >= 0.3 is 0 Å². The van der Waals surface area contributed by atoms with E-state index in [4.69, 9.17) is 4.74 Å². The van der Waals surface area contributed by atoms with Crippen LogP contribution in [0.5, 0.6) is 0 Å². The van der Waals surface area contributed by atoms with Crippen molar-refractivity contribution in [1.82, 2.24) is 15.3 Å². The Morgan fingerprint density at radius 2 is 2.40 bits per heavy atom. The van der Waals surface area contributed by atoms with Gasteiger partial charge in [0.15, 0.2) is 0 Å². The molecule has 0 fully saturated rings. The van der Waals surface area contributed by atoms with Gasteiger partial charge in [-0.1, -0.05) is 6.92 Å². The molecular formula is C10H16IN3O. The molecule has 1 N–H and O–H groups in total. The third-order valence-electron chi connectivity index (χ3n) is 2.04. The van der Waals surface area contributed by atoms with Crippen LogP contribution >= 0.6 is 22.6 Å². The highest BCUT2D eigenvalue weighted by molar-refractivity contribution is 14.1. The fraction of sp³-hybridized carbons (Fsp3) is 0.600. The molecule has 0 radical (unpaired) electrons. The summed E-state index contributed by atoms with van der Waals surface area (Å²) in [5.41, 5.74) is 1.08. The summed E-state index contributed by atoms with van der Waals surface area (Å²) in [7, 11) is 1.72. The summed E-state index contributed by atoms with van der Waals surface area (Å²) in [6.07, 6.45) is 4.30. The Morgan fingerprint density at radius 3 is 3.00 bits per heavy atom. The number of ether oxygens (including phenoxy) is 1. The SMILES string of the molecule is CCNC(COC)Cc1ncncc1I. The molecule has 0 aliphatic rings. The van der Waals surface area contributed by atoms with Crippen molar-refractivity contribution in [3.63, 3.8) is 0 Å². The van der Waals surface area contributed by atoms with E-state index in [1.165, 1.54) is 0 Å². The van der Waals surface area contributed by atoms with E-state index in [9.17, 15) is 0 Å². The van der Waals surface area contributed by atoms with Gasteiger partial charge in [-0.05, 0) is 29.1 Å². The molecule has 0 aliphatic carbocycles. The third kappa shape index (κ3) is 4.40. The predicted octanol–water partition coefficient (Wildman–Crippen LogP) is 1.25. The molecule has 15 heavy (non-hydrogen) atoms. The van der Waals surface area contributed by atoms with E-state index in [1.54, 1.807) is 13.4 Å². The van der Waals surface area contributed by atoms with Crippen molar-refractivity contribution < 1.29 is 4.74 Å². The molecule has 1 aromatic heterocycles. The molecule has 4 nitrogen and oxygen atoms in total. The Kier molecular flexibility index (Phi) is 6.04. The zero-order valence-corrected chi connectivity index (χ0v) is 11.2. The van der Waals surface area contributed by atoms with Crippen molar-refractivity contribution in [3.8, 4) is 0 Å². The Hall–Kier alpha value is -0.270. The van der Waals surface area contributed by atoms with E-state index in [1.807, 2.05) is 6.20 Å². The van der Waals surface area contributed by atoms with Gasteiger partial charge in [0.2, 0.25) is 0 Å². The molecule has 0 bridgehead atoms. The van der Waals surface area contributed by atoms with Crippen molar-refractivity contribution in [2.75, 3.05) is 20.3 Å². The van der Waals surface area contributed by atoms with Crippen LogP contribution in [0, 0.1) is 3.57 Å². The summed E-state index contributed by atoms with van der Waals surface area (Å²) < 4.78 is 6.27. The molecule has 0 amide bonds. The second-order valence-corrected chi connectivity index (χ2v) is 4.39. The second kappa shape index (κ2) is 7.08. The van der Waals surface area contributed by atoms with Gasteiger partial charge in [0.1, 0.15) is 6.33 Å². The fourth-order valence-corrected chi connectivity index (χ4v) is 1.92. The Labute approximate surface area is 104 Å². The number of nitrogens with zero attached hydrogens (tertiary/aromatic N) is 2. The van der Waals surface area contributed by atoms with Gasteiger partial charge in [-0.25, -0.2) is 9.97 Å². The highest BCUT2D eigenvalue weighted by Gasteiger charge is 2.10. The molecule has 1 heterocycles. The molecular weight excluding hydrogens is 305 g/mol. The van der Waals surface area contributed by atoms with Gasteiger partial charge < -0.3 is 10.1 Å². The first-order valence-corrected chi connectivity index (χ1v) is 6.02. The van der Waals surface area contributed by atoms with Crippen LogP contribution in [0.4, 0.5) is 0 Å². The van der Waals surface area contributed by atoms with Crippen LogP contribution in [0.3, 0.4) is 0 Å². The van der Waals surface area contributed by atoms with E-state index in [2.05, 4.69) is 44.8 Å². The summed E-state index contributed by atoms with van der Waals surface area (Å²) in [5, 5.41) is 3.37. The lowest BCUT2D eigenvalue weighted by Crippen LogP contribution is -2.35. The van der Waals surface area contributed by atoms with Crippen molar-refractivity contribution in [3.05, 3.63) is 21.8 Å². The number of hydrogen-bond donors (Lipinski definition) is 1. The van der Waals surface area contributed by atoms with Crippen LogP contribution in [-0.2, 0) is 11.2 Å². The number of aromatic nitrogens is 2. The van der Waals surface area contributed by atoms with Gasteiger partial charge in [0, 0.05) is 25.8 Å². The molecule has 0 saturated heterocycles. The number of likely N-dealkylation sites (N-methyl/N-ethyl adjacent to an activating group) is 1. The summed E-state index contributed by atoms with van der Waals surface area (Å²) in [6.45, 7) is 3.73. The Bertz CT molecular complexity index is 290. The minimum absolute atomic E-state index is 0.323. The van der Waals surface area contributed by atoms with E-state index < -0.39 is 0 Å².